The van der Waals surface area contributed by atoms with Gasteiger partial charge in [0.1, 0.15) is 25.3 Å². The first-order valence-corrected chi connectivity index (χ1v) is 21.8. The number of carboxylic acids is 1. The fraction of sp³-hybridized carbons (Fsp3) is 0.500. The van der Waals surface area contributed by atoms with Gasteiger partial charge < -0.3 is 15.3 Å². The van der Waals surface area contributed by atoms with E-state index in [1.165, 1.54) is 12.3 Å². The summed E-state index contributed by atoms with van der Waals surface area (Å²) in [5.74, 6) is 0.503. The van der Waals surface area contributed by atoms with Gasteiger partial charge in [-0.15, -0.1) is 11.3 Å². The Morgan fingerprint density at radius 2 is 1.61 bits per heavy atom. The normalized spacial score (nSPS) is 17.7. The van der Waals surface area contributed by atoms with Gasteiger partial charge >= 0.3 is 5.97 Å². The number of aromatic nitrogens is 1. The zero-order chi connectivity index (χ0) is 35.3. The fourth-order valence-electron chi connectivity index (χ4n) is 6.42. The Morgan fingerprint density at radius 1 is 1.00 bits per heavy atom. The molecule has 0 bridgehead atoms. The summed E-state index contributed by atoms with van der Waals surface area (Å²) in [6.07, 6.45) is 8.32. The van der Waals surface area contributed by atoms with Crippen molar-refractivity contribution in [2.75, 3.05) is 43.4 Å². The summed E-state index contributed by atoms with van der Waals surface area (Å²) in [6.45, 7) is 2.66. The van der Waals surface area contributed by atoms with Crippen LogP contribution in [-0.4, -0.2) is 76.5 Å². The van der Waals surface area contributed by atoms with Gasteiger partial charge in [0.05, 0.1) is 4.47 Å². The quantitative estimate of drug-likeness (QED) is 0.159. The van der Waals surface area contributed by atoms with E-state index in [0.29, 0.717) is 49.6 Å². The summed E-state index contributed by atoms with van der Waals surface area (Å²) in [5.41, 5.74) is 1.56. The molecule has 17 heteroatoms. The molecule has 0 spiro atoms. The van der Waals surface area contributed by atoms with Crippen LogP contribution < -0.4 is 14.9 Å². The third kappa shape index (κ3) is 9.76. The molecule has 49 heavy (non-hydrogen) atoms. The molecule has 1 unspecified atom stereocenters. The molecule has 0 amide bonds. The third-order valence-corrected chi connectivity index (χ3v) is 16.2. The average molecular weight is 882 g/mol. The van der Waals surface area contributed by atoms with Crippen LogP contribution in [0.1, 0.15) is 50.5 Å². The maximum Gasteiger partial charge on any atom is 0.322 e. The van der Waals surface area contributed by atoms with Gasteiger partial charge in [0.15, 0.2) is 0 Å². The number of thiophene rings is 1. The van der Waals surface area contributed by atoms with Crippen molar-refractivity contribution in [1.29, 1.82) is 0 Å². The van der Waals surface area contributed by atoms with E-state index >= 15 is 0 Å². The summed E-state index contributed by atoms with van der Waals surface area (Å²) in [5, 5.41) is 12.7. The van der Waals surface area contributed by atoms with Crippen LogP contribution in [-0.2, 0) is 31.3 Å². The highest BCUT2D eigenvalue weighted by atomic mass is 79.9. The van der Waals surface area contributed by atoms with Crippen LogP contribution in [0.5, 0.6) is 0 Å². The van der Waals surface area contributed by atoms with E-state index in [1.807, 2.05) is 0 Å². The molecule has 2 fully saturated rings. The predicted molar refractivity (Wildman–Crippen MR) is 201 cm³/mol. The second-order valence-corrected chi connectivity index (χ2v) is 19.8. The van der Waals surface area contributed by atoms with Gasteiger partial charge in [0.2, 0.25) is 10.0 Å². The van der Waals surface area contributed by atoms with Crippen molar-refractivity contribution in [2.45, 2.75) is 66.5 Å². The van der Waals surface area contributed by atoms with Gasteiger partial charge in [-0.3, -0.25) is 4.79 Å². The van der Waals surface area contributed by atoms with E-state index in [1.54, 1.807) is 41.7 Å². The molecular weight excluding hydrogens is 842 g/mol. The van der Waals surface area contributed by atoms with Crippen LogP contribution in [0.2, 0.25) is 4.34 Å². The number of piperidine rings is 2. The van der Waals surface area contributed by atoms with E-state index in [-0.39, 0.29) is 15.5 Å². The lowest BCUT2D eigenvalue weighted by atomic mass is 9.87. The fourth-order valence-corrected chi connectivity index (χ4v) is 12.3. The van der Waals surface area contributed by atoms with Crippen molar-refractivity contribution in [1.82, 2.24) is 14.0 Å². The minimum Gasteiger partial charge on any atom is -0.480 e. The molecule has 5 rings (SSSR count). The van der Waals surface area contributed by atoms with E-state index in [9.17, 15) is 26.7 Å². The number of sulfonamides is 2. The Morgan fingerprint density at radius 3 is 2.14 bits per heavy atom. The maximum atomic E-state index is 13.2. The molecule has 2 aliphatic heterocycles. The number of anilines is 2. The topological polar surface area (TPSA) is 149 Å². The van der Waals surface area contributed by atoms with E-state index in [4.69, 9.17) is 11.6 Å². The van der Waals surface area contributed by atoms with Gasteiger partial charge in [-0.2, -0.15) is 9.03 Å². The standard InChI is InChI=1S/C32H40Br2ClN5O6S3/c1-36-24-7-5-23(6-8-24)17-28(32(41)42)38-48(43,44)25-18-27(34)31(37-20-25)39-13-9-21(10-14-39)3-2-4-22-11-15-40(16-12-22)49(45,46)29-19-26(33)30(35)47-29/h5-8,18-22,28,36,38H,2-4,9-17H2,1H3,(H,41,42). The number of nitrogens with one attached hydrogen (secondary N) is 2. The number of rotatable bonds is 14. The lowest BCUT2D eigenvalue weighted by molar-refractivity contribution is -0.138. The van der Waals surface area contributed by atoms with Gasteiger partial charge in [-0.1, -0.05) is 43.0 Å². The molecule has 268 valence electrons. The number of halogens is 3. The first kappa shape index (κ1) is 38.4. The molecule has 1 atom stereocenters. The van der Waals surface area contributed by atoms with Crippen LogP contribution in [0.25, 0.3) is 0 Å². The number of hydrogen-bond donors (Lipinski definition) is 3. The zero-order valence-corrected chi connectivity index (χ0v) is 33.3. The third-order valence-electron chi connectivity index (χ3n) is 9.31. The molecule has 2 saturated heterocycles. The Hall–Kier alpha value is -1.79. The number of nitrogens with zero attached hydrogens (tertiary/aromatic N) is 3. The largest absolute Gasteiger partial charge is 0.480 e. The Balaban J connectivity index is 1.07. The molecule has 1 aromatic carbocycles. The van der Waals surface area contributed by atoms with Crippen LogP contribution in [0, 0.1) is 11.8 Å². The highest BCUT2D eigenvalue weighted by molar-refractivity contribution is 9.11. The molecule has 3 N–H and O–H groups in total. The van der Waals surface area contributed by atoms with Crippen LogP contribution in [0.15, 0.2) is 60.6 Å². The van der Waals surface area contributed by atoms with Gasteiger partial charge in [0, 0.05) is 49.6 Å². The van der Waals surface area contributed by atoms with E-state index in [0.717, 1.165) is 75.1 Å². The van der Waals surface area contributed by atoms with E-state index in [2.05, 4.69) is 51.8 Å². The maximum absolute atomic E-state index is 13.2. The molecule has 0 radical (unpaired) electrons. The molecule has 3 aromatic rings. The van der Waals surface area contributed by atoms with Gasteiger partial charge in [-0.25, -0.2) is 21.8 Å². The lowest BCUT2D eigenvalue weighted by Gasteiger charge is -2.34. The molecule has 0 saturated carbocycles. The van der Waals surface area contributed by atoms with E-state index < -0.39 is 32.1 Å². The number of hydrogen-bond acceptors (Lipinski definition) is 9. The first-order chi connectivity index (χ1) is 23.3. The average Bonchev–Trinajstić information content (AvgIpc) is 3.43. The predicted octanol–water partition coefficient (Wildman–Crippen LogP) is 6.83. The monoisotopic (exact) mass is 879 g/mol. The molecule has 4 heterocycles. The molecular formula is C32H40Br2ClN5O6S3. The number of carboxylic acid groups (broad SMARTS) is 1. The Bertz CT molecular complexity index is 1810. The Kier molecular flexibility index (Phi) is 13.1. The Labute approximate surface area is 314 Å². The summed E-state index contributed by atoms with van der Waals surface area (Å²) in [4.78, 5) is 18.4. The number of pyridine rings is 1. The van der Waals surface area contributed by atoms with Gasteiger partial charge in [-0.05, 0) is 106 Å². The molecule has 0 aliphatic carbocycles. The van der Waals surface area contributed by atoms with Crippen molar-refractivity contribution in [3.8, 4) is 0 Å². The van der Waals surface area contributed by atoms with Crippen molar-refractivity contribution < 1.29 is 26.7 Å². The number of carbonyl (C=O) groups is 1. The molecule has 2 aromatic heterocycles. The van der Waals surface area contributed by atoms with Crippen LogP contribution in [0.3, 0.4) is 0 Å². The number of benzene rings is 1. The van der Waals surface area contributed by atoms with Crippen molar-refractivity contribution >= 4 is 92.3 Å². The molecule has 11 nitrogen and oxygen atoms in total. The highest BCUT2D eigenvalue weighted by Crippen LogP contribution is 2.37. The first-order valence-electron chi connectivity index (χ1n) is 16.1. The summed E-state index contributed by atoms with van der Waals surface area (Å²) < 4.78 is 58.1. The van der Waals surface area contributed by atoms with Crippen LogP contribution >= 0.6 is 54.8 Å². The van der Waals surface area contributed by atoms with Crippen molar-refractivity contribution in [3.63, 3.8) is 0 Å². The molecule has 2 aliphatic rings. The van der Waals surface area contributed by atoms with Crippen molar-refractivity contribution in [2.24, 2.45) is 11.8 Å². The SMILES string of the molecule is CNc1ccc(CC(NS(=O)(=O)c2cnc(N3CCC(CCCC4CCN(S(=O)(=O)c5cc(Br)c(Cl)s5)CC4)CC3)c(Br)c2)C(=O)O)cc1. The summed E-state index contributed by atoms with van der Waals surface area (Å²) in [6, 6.07) is 8.84. The van der Waals surface area contributed by atoms with Gasteiger partial charge in [0.25, 0.3) is 10.0 Å². The smallest absolute Gasteiger partial charge is 0.322 e. The second kappa shape index (κ2) is 16.7. The zero-order valence-electron chi connectivity index (χ0n) is 26.9. The minimum absolute atomic E-state index is 0.00569. The lowest BCUT2D eigenvalue weighted by Crippen LogP contribution is -2.42. The highest BCUT2D eigenvalue weighted by Gasteiger charge is 2.32. The second-order valence-electron chi connectivity index (χ2n) is 12.5. The summed E-state index contributed by atoms with van der Waals surface area (Å²) in [7, 11) is -5.89. The summed E-state index contributed by atoms with van der Waals surface area (Å²) >= 11 is 14.0. The van der Waals surface area contributed by atoms with Crippen molar-refractivity contribution in [3.05, 3.63) is 61.4 Å². The number of aliphatic carboxylic acids is 1. The van der Waals surface area contributed by atoms with Crippen LogP contribution in [0.4, 0.5) is 11.5 Å². The minimum atomic E-state index is -4.15.